The highest BCUT2D eigenvalue weighted by atomic mass is 127. The molecule has 4 heteroatoms. The van der Waals surface area contributed by atoms with Gasteiger partial charge >= 0.3 is 5.97 Å². The van der Waals surface area contributed by atoms with E-state index < -0.39 is 5.41 Å². The fourth-order valence-electron chi connectivity index (χ4n) is 4.37. The van der Waals surface area contributed by atoms with Crippen molar-refractivity contribution in [2.45, 2.75) is 22.4 Å². The van der Waals surface area contributed by atoms with Gasteiger partial charge in [-0.1, -0.05) is 52.9 Å². The first-order chi connectivity index (χ1) is 9.20. The van der Waals surface area contributed by atoms with E-state index in [1.54, 1.807) is 0 Å². The van der Waals surface area contributed by atoms with Crippen LogP contribution in [-0.2, 0) is 9.53 Å². The highest BCUT2D eigenvalue weighted by Gasteiger charge is 2.75. The maximum Gasteiger partial charge on any atom is 0.327 e. The van der Waals surface area contributed by atoms with Crippen LogP contribution >= 0.6 is 22.6 Å². The van der Waals surface area contributed by atoms with Crippen LogP contribution in [0.4, 0.5) is 0 Å². The molecule has 0 radical (unpaired) electrons. The van der Waals surface area contributed by atoms with E-state index in [1.165, 1.54) is 0 Å². The second kappa shape index (κ2) is 3.72. The molecule has 1 heterocycles. The van der Waals surface area contributed by atoms with E-state index in [1.807, 2.05) is 30.3 Å². The summed E-state index contributed by atoms with van der Waals surface area (Å²) in [7, 11) is 0. The zero-order valence-electron chi connectivity index (χ0n) is 10.1. The Morgan fingerprint density at radius 1 is 1.37 bits per heavy atom. The molecule has 2 saturated carbocycles. The minimum absolute atomic E-state index is 0.00292. The van der Waals surface area contributed by atoms with Crippen molar-refractivity contribution in [2.24, 2.45) is 17.3 Å². The van der Waals surface area contributed by atoms with Crippen molar-refractivity contribution in [3.63, 3.8) is 0 Å². The van der Waals surface area contributed by atoms with Gasteiger partial charge in [-0.15, -0.1) is 0 Å². The van der Waals surface area contributed by atoms with Crippen LogP contribution in [0.3, 0.4) is 0 Å². The monoisotopic (exact) mass is 365 g/mol. The average molecular weight is 365 g/mol. The van der Waals surface area contributed by atoms with Gasteiger partial charge in [-0.3, -0.25) is 4.79 Å². The number of halogens is 1. The lowest BCUT2D eigenvalue weighted by Crippen LogP contribution is -2.41. The summed E-state index contributed by atoms with van der Waals surface area (Å²) in [5, 5.41) is 9.70. The molecule has 0 aromatic heterocycles. The number of carbonyl (C=O) groups excluding carboxylic acids is 1. The van der Waals surface area contributed by atoms with Gasteiger partial charge in [-0.2, -0.15) is 5.26 Å². The van der Waals surface area contributed by atoms with Crippen molar-refractivity contribution >= 4 is 28.6 Å². The van der Waals surface area contributed by atoms with E-state index in [4.69, 9.17) is 4.74 Å². The van der Waals surface area contributed by atoms with E-state index >= 15 is 0 Å². The Labute approximate surface area is 125 Å². The lowest BCUT2D eigenvalue weighted by molar-refractivity contribution is -0.145. The molecule has 96 valence electrons. The van der Waals surface area contributed by atoms with Crippen molar-refractivity contribution in [3.05, 3.63) is 35.9 Å². The molecule has 19 heavy (non-hydrogen) atoms. The first-order valence-corrected chi connectivity index (χ1v) is 7.76. The Kier molecular flexibility index (Phi) is 2.29. The minimum Gasteiger partial charge on any atom is -0.460 e. The molecule has 1 aromatic rings. The van der Waals surface area contributed by atoms with Gasteiger partial charge in [0.15, 0.2) is 5.41 Å². The number of hydrogen-bond acceptors (Lipinski definition) is 3. The first kappa shape index (κ1) is 11.7. The van der Waals surface area contributed by atoms with Crippen molar-refractivity contribution in [1.29, 1.82) is 5.26 Å². The molecular formula is C15H12INO2. The van der Waals surface area contributed by atoms with Crippen LogP contribution in [0, 0.1) is 28.6 Å². The third-order valence-electron chi connectivity index (χ3n) is 5.07. The molecule has 0 spiro atoms. The molecule has 3 aliphatic rings. The van der Waals surface area contributed by atoms with Gasteiger partial charge in [0, 0.05) is 11.8 Å². The fourth-order valence-corrected chi connectivity index (χ4v) is 5.73. The Hall–Kier alpha value is -1.09. The highest BCUT2D eigenvalue weighted by molar-refractivity contribution is 14.1. The summed E-state index contributed by atoms with van der Waals surface area (Å²) in [6.45, 7) is 0. The summed E-state index contributed by atoms with van der Waals surface area (Å²) >= 11 is 2.40. The molecule has 0 unspecified atom stereocenters. The van der Waals surface area contributed by atoms with Crippen LogP contribution in [-0.4, -0.2) is 16.0 Å². The predicted molar refractivity (Wildman–Crippen MR) is 76.5 cm³/mol. The van der Waals surface area contributed by atoms with E-state index in [0.29, 0.717) is 9.84 Å². The normalized spacial score (nSPS) is 46.1. The predicted octanol–water partition coefficient (Wildman–Crippen LogP) is 2.66. The average Bonchev–Trinajstić information content (AvgIpc) is 3.01. The van der Waals surface area contributed by atoms with E-state index in [0.717, 1.165) is 12.0 Å². The van der Waals surface area contributed by atoms with Crippen molar-refractivity contribution in [1.82, 2.24) is 0 Å². The topological polar surface area (TPSA) is 50.1 Å². The number of benzene rings is 1. The SMILES string of the molecule is N#C[C@@]12C(=O)O[C@H]3[C@H](I)[C@H](C[C@H]31)[C@@H]2c1ccccc1. The molecule has 2 bridgehead atoms. The third-order valence-corrected chi connectivity index (χ3v) is 6.71. The molecule has 0 amide bonds. The number of carbonyl (C=O) groups is 1. The number of hydrogen-bond donors (Lipinski definition) is 0. The van der Waals surface area contributed by atoms with E-state index in [2.05, 4.69) is 28.7 Å². The molecule has 0 N–H and O–H groups in total. The minimum atomic E-state index is -0.932. The molecule has 3 fully saturated rings. The molecule has 1 aromatic carbocycles. The molecular weight excluding hydrogens is 353 g/mol. The standard InChI is InChI=1S/C15H12INO2/c16-12-9-6-10-13(12)19-14(18)15(10,7-17)11(9)8-4-2-1-3-5-8/h1-5,9-13H,6H2/t9-,10-,11+,12-,13-,15-/m1/s1. The second-order valence-electron chi connectivity index (χ2n) is 5.69. The van der Waals surface area contributed by atoms with Crippen LogP contribution < -0.4 is 0 Å². The van der Waals surface area contributed by atoms with Crippen LogP contribution in [0.5, 0.6) is 0 Å². The van der Waals surface area contributed by atoms with Crippen LogP contribution in [0.25, 0.3) is 0 Å². The summed E-state index contributed by atoms with van der Waals surface area (Å²) in [5.41, 5.74) is 0.175. The Morgan fingerprint density at radius 2 is 2.11 bits per heavy atom. The van der Waals surface area contributed by atoms with Gasteiger partial charge in [0.25, 0.3) is 0 Å². The molecule has 6 atom stereocenters. The molecule has 2 aliphatic carbocycles. The number of rotatable bonds is 1. The van der Waals surface area contributed by atoms with E-state index in [-0.39, 0.29) is 23.9 Å². The highest BCUT2D eigenvalue weighted by Crippen LogP contribution is 2.69. The number of nitrogens with zero attached hydrogens (tertiary/aromatic N) is 1. The summed E-state index contributed by atoms with van der Waals surface area (Å²) in [6, 6.07) is 12.3. The zero-order valence-corrected chi connectivity index (χ0v) is 12.3. The quantitative estimate of drug-likeness (QED) is 0.437. The van der Waals surface area contributed by atoms with Gasteiger partial charge < -0.3 is 4.74 Å². The Morgan fingerprint density at radius 3 is 2.79 bits per heavy atom. The van der Waals surface area contributed by atoms with Crippen LogP contribution in [0.1, 0.15) is 17.9 Å². The van der Waals surface area contributed by atoms with E-state index in [9.17, 15) is 10.1 Å². The molecule has 3 nitrogen and oxygen atoms in total. The lowest BCUT2D eigenvalue weighted by atomic mass is 9.65. The maximum atomic E-state index is 12.3. The largest absolute Gasteiger partial charge is 0.460 e. The summed E-state index contributed by atoms with van der Waals surface area (Å²) in [4.78, 5) is 12.3. The van der Waals surface area contributed by atoms with Crippen molar-refractivity contribution < 1.29 is 9.53 Å². The second-order valence-corrected chi connectivity index (χ2v) is 7.13. The van der Waals surface area contributed by atoms with Gasteiger partial charge in [0.05, 0.1) is 9.99 Å². The van der Waals surface area contributed by atoms with Gasteiger partial charge in [-0.25, -0.2) is 0 Å². The summed E-state index contributed by atoms with van der Waals surface area (Å²) < 4.78 is 5.86. The summed E-state index contributed by atoms with van der Waals surface area (Å²) in [5.74, 6) is 0.170. The maximum absolute atomic E-state index is 12.3. The van der Waals surface area contributed by atoms with Gasteiger partial charge in [0.2, 0.25) is 0 Å². The smallest absolute Gasteiger partial charge is 0.327 e. The van der Waals surface area contributed by atoms with Gasteiger partial charge in [-0.05, 0) is 17.9 Å². The zero-order chi connectivity index (χ0) is 13.2. The fraction of sp³-hybridized carbons (Fsp3) is 0.467. The number of nitriles is 1. The third kappa shape index (κ3) is 1.20. The lowest BCUT2D eigenvalue weighted by Gasteiger charge is -2.33. The Bertz CT molecular complexity index is 596. The summed E-state index contributed by atoms with van der Waals surface area (Å²) in [6.07, 6.45) is 0.898. The van der Waals surface area contributed by atoms with Crippen molar-refractivity contribution in [3.8, 4) is 6.07 Å². The number of alkyl halides is 1. The molecule has 1 aliphatic heterocycles. The first-order valence-electron chi connectivity index (χ1n) is 6.51. The Balaban J connectivity index is 1.92. The van der Waals surface area contributed by atoms with Crippen molar-refractivity contribution in [2.75, 3.05) is 0 Å². The number of esters is 1. The van der Waals surface area contributed by atoms with Crippen LogP contribution in [0.2, 0.25) is 0 Å². The number of ether oxygens (including phenoxy) is 1. The van der Waals surface area contributed by atoms with Crippen LogP contribution in [0.15, 0.2) is 30.3 Å². The molecule has 1 saturated heterocycles. The van der Waals surface area contributed by atoms with Gasteiger partial charge in [0.1, 0.15) is 6.10 Å². The number of fused-ring (bicyclic) bond motifs is 1. The molecule has 4 rings (SSSR count).